The lowest BCUT2D eigenvalue weighted by Gasteiger charge is -2.13. The van der Waals surface area contributed by atoms with E-state index in [1.807, 2.05) is 0 Å². The number of aromatic amines is 1. The largest absolute Gasteiger partial charge is 0.395 e. The van der Waals surface area contributed by atoms with E-state index < -0.39 is 11.9 Å². The fourth-order valence-electron chi connectivity index (χ4n) is 1.98. The van der Waals surface area contributed by atoms with Crippen molar-refractivity contribution >= 4 is 17.5 Å². The van der Waals surface area contributed by atoms with Gasteiger partial charge in [-0.05, 0) is 19.8 Å². The van der Waals surface area contributed by atoms with E-state index in [9.17, 15) is 9.59 Å². The molecule has 1 aliphatic rings. The van der Waals surface area contributed by atoms with Crippen molar-refractivity contribution in [2.45, 2.75) is 31.7 Å². The Hall–Kier alpha value is -2.09. The third kappa shape index (κ3) is 3.72. The first-order valence-corrected chi connectivity index (χ1v) is 6.95. The van der Waals surface area contributed by atoms with E-state index >= 15 is 0 Å². The number of H-pyrrole nitrogens is 1. The number of aromatic nitrogens is 2. The minimum Gasteiger partial charge on any atom is -0.395 e. The first kappa shape index (κ1) is 15.3. The van der Waals surface area contributed by atoms with Crippen molar-refractivity contribution in [3.8, 4) is 0 Å². The highest BCUT2D eigenvalue weighted by atomic mass is 16.5. The molecule has 8 heteroatoms. The number of nitrogens with one attached hydrogen (secondary N) is 3. The highest BCUT2D eigenvalue weighted by Crippen LogP contribution is 2.42. The van der Waals surface area contributed by atoms with Crippen molar-refractivity contribution < 1.29 is 14.3 Å². The lowest BCUT2D eigenvalue weighted by atomic mass is 10.2. The number of ether oxygens (including phenoxy) is 1. The van der Waals surface area contributed by atoms with Crippen LogP contribution in [0.25, 0.3) is 0 Å². The molecule has 116 valence electrons. The quantitative estimate of drug-likeness (QED) is 0.517. The minimum absolute atomic E-state index is 0.147. The highest BCUT2D eigenvalue weighted by molar-refractivity contribution is 6.00. The summed E-state index contributed by atoms with van der Waals surface area (Å²) >= 11 is 0. The number of hydrogen-bond acceptors (Lipinski definition) is 5. The molecule has 2 amide bonds. The Balaban J connectivity index is 1.90. The van der Waals surface area contributed by atoms with Crippen molar-refractivity contribution in [2.24, 2.45) is 0 Å². The molecule has 0 saturated heterocycles. The van der Waals surface area contributed by atoms with Gasteiger partial charge in [0.25, 0.3) is 5.91 Å². The predicted octanol–water partition coefficient (Wildman–Crippen LogP) is -0.250. The number of amides is 2. The molecular weight excluding hydrogens is 274 g/mol. The maximum Gasteiger partial charge on any atom is 0.274 e. The molecule has 5 N–H and O–H groups in total. The normalized spacial score (nSPS) is 15.5. The third-order valence-electron chi connectivity index (χ3n) is 3.38. The van der Waals surface area contributed by atoms with Crippen molar-refractivity contribution in [1.29, 1.82) is 0 Å². The molecule has 0 radical (unpaired) electrons. The minimum atomic E-state index is -0.671. The van der Waals surface area contributed by atoms with Gasteiger partial charge in [-0.3, -0.25) is 14.7 Å². The number of nitrogens with zero attached hydrogens (tertiary/aromatic N) is 1. The summed E-state index contributed by atoms with van der Waals surface area (Å²) in [6, 6.07) is -0.671. The van der Waals surface area contributed by atoms with Gasteiger partial charge in [-0.25, -0.2) is 0 Å². The Morgan fingerprint density at radius 1 is 1.52 bits per heavy atom. The second-order valence-corrected chi connectivity index (χ2v) is 5.15. The molecule has 1 aromatic heterocycles. The number of nitrogens with two attached hydrogens (primary N) is 1. The Morgan fingerprint density at radius 2 is 2.24 bits per heavy atom. The SMILES string of the molecule is COCCNC(=O)C(C)NC(=O)c1n[nH]c(C2CC2)c1N. The van der Waals surface area contributed by atoms with Crippen molar-refractivity contribution in [2.75, 3.05) is 26.0 Å². The zero-order valence-electron chi connectivity index (χ0n) is 12.2. The molecule has 1 heterocycles. The topological polar surface area (TPSA) is 122 Å². The van der Waals surface area contributed by atoms with Crippen LogP contribution < -0.4 is 16.4 Å². The van der Waals surface area contributed by atoms with Gasteiger partial charge < -0.3 is 21.1 Å². The van der Waals surface area contributed by atoms with E-state index in [1.54, 1.807) is 14.0 Å². The van der Waals surface area contributed by atoms with E-state index in [2.05, 4.69) is 20.8 Å². The van der Waals surface area contributed by atoms with E-state index in [0.29, 0.717) is 24.8 Å². The van der Waals surface area contributed by atoms with Crippen LogP contribution in [0.5, 0.6) is 0 Å². The zero-order chi connectivity index (χ0) is 15.4. The highest BCUT2D eigenvalue weighted by Gasteiger charge is 2.30. The summed E-state index contributed by atoms with van der Waals surface area (Å²) in [6.45, 7) is 2.42. The van der Waals surface area contributed by atoms with Gasteiger partial charge in [-0.1, -0.05) is 0 Å². The number of methoxy groups -OCH3 is 1. The van der Waals surface area contributed by atoms with Crippen LogP contribution in [0.4, 0.5) is 5.69 Å². The molecule has 0 aliphatic heterocycles. The molecule has 8 nitrogen and oxygen atoms in total. The fourth-order valence-corrected chi connectivity index (χ4v) is 1.98. The molecule has 1 aromatic rings. The lowest BCUT2D eigenvalue weighted by molar-refractivity contribution is -0.122. The summed E-state index contributed by atoms with van der Waals surface area (Å²) in [5.74, 6) is -0.351. The summed E-state index contributed by atoms with van der Waals surface area (Å²) in [5.41, 5.74) is 7.26. The lowest BCUT2D eigenvalue weighted by Crippen LogP contribution is -2.45. The number of anilines is 1. The van der Waals surface area contributed by atoms with Gasteiger partial charge in [-0.15, -0.1) is 0 Å². The molecule has 2 rings (SSSR count). The number of carbonyl (C=O) groups is 2. The molecular formula is C13H21N5O3. The maximum atomic E-state index is 12.1. The Morgan fingerprint density at radius 3 is 2.86 bits per heavy atom. The Labute approximate surface area is 122 Å². The molecule has 21 heavy (non-hydrogen) atoms. The summed E-state index contributed by atoms with van der Waals surface area (Å²) < 4.78 is 4.84. The molecule has 0 bridgehead atoms. The molecule has 1 atom stereocenters. The smallest absolute Gasteiger partial charge is 0.274 e. The van der Waals surface area contributed by atoms with Crippen LogP contribution >= 0.6 is 0 Å². The molecule has 1 saturated carbocycles. The first-order valence-electron chi connectivity index (χ1n) is 6.95. The third-order valence-corrected chi connectivity index (χ3v) is 3.38. The van der Waals surface area contributed by atoms with Gasteiger partial charge in [-0.2, -0.15) is 5.10 Å². The fraction of sp³-hybridized carbons (Fsp3) is 0.615. The summed E-state index contributed by atoms with van der Waals surface area (Å²) in [5, 5.41) is 12.0. The predicted molar refractivity (Wildman–Crippen MR) is 76.8 cm³/mol. The van der Waals surface area contributed by atoms with E-state index in [4.69, 9.17) is 10.5 Å². The van der Waals surface area contributed by atoms with Crippen LogP contribution in [0.15, 0.2) is 0 Å². The van der Waals surface area contributed by atoms with Gasteiger partial charge >= 0.3 is 0 Å². The molecule has 1 fully saturated rings. The first-order chi connectivity index (χ1) is 10.0. The number of hydrogen-bond donors (Lipinski definition) is 4. The molecule has 0 spiro atoms. The summed E-state index contributed by atoms with van der Waals surface area (Å²) in [4.78, 5) is 23.8. The summed E-state index contributed by atoms with van der Waals surface area (Å²) in [6.07, 6.45) is 2.12. The van der Waals surface area contributed by atoms with E-state index in [-0.39, 0.29) is 11.6 Å². The maximum absolute atomic E-state index is 12.1. The molecule has 1 unspecified atom stereocenters. The monoisotopic (exact) mass is 295 g/mol. The van der Waals surface area contributed by atoms with Gasteiger partial charge in [0.2, 0.25) is 5.91 Å². The zero-order valence-corrected chi connectivity index (χ0v) is 12.2. The van der Waals surface area contributed by atoms with Gasteiger partial charge in [0.15, 0.2) is 5.69 Å². The van der Waals surface area contributed by atoms with Crippen LogP contribution in [0.3, 0.4) is 0 Å². The van der Waals surface area contributed by atoms with Crippen molar-refractivity contribution in [3.63, 3.8) is 0 Å². The number of carbonyl (C=O) groups excluding carboxylic acids is 2. The Bertz CT molecular complexity index is 524. The standard InChI is InChI=1S/C13H21N5O3/c1-7(12(19)15-5-6-21-2)16-13(20)11-9(14)10(17-18-11)8-3-4-8/h7-8H,3-6,14H2,1-2H3,(H,15,19)(H,16,20)(H,17,18). The van der Waals surface area contributed by atoms with Crippen LogP contribution in [-0.2, 0) is 9.53 Å². The van der Waals surface area contributed by atoms with Gasteiger partial charge in [0.05, 0.1) is 18.0 Å². The van der Waals surface area contributed by atoms with Crippen LogP contribution in [0, 0.1) is 0 Å². The van der Waals surface area contributed by atoms with Crippen LogP contribution in [0.2, 0.25) is 0 Å². The average Bonchev–Trinajstić information content (AvgIpc) is 3.21. The second kappa shape index (κ2) is 6.57. The molecule has 0 aromatic carbocycles. The summed E-state index contributed by atoms with van der Waals surface area (Å²) in [7, 11) is 1.55. The van der Waals surface area contributed by atoms with Crippen LogP contribution in [0.1, 0.15) is 41.9 Å². The second-order valence-electron chi connectivity index (χ2n) is 5.15. The Kier molecular flexibility index (Phi) is 4.79. The number of nitrogen functional groups attached to an aromatic ring is 1. The van der Waals surface area contributed by atoms with Gasteiger partial charge in [0.1, 0.15) is 6.04 Å². The van der Waals surface area contributed by atoms with Gasteiger partial charge in [0, 0.05) is 19.6 Å². The van der Waals surface area contributed by atoms with Crippen molar-refractivity contribution in [3.05, 3.63) is 11.4 Å². The van der Waals surface area contributed by atoms with Crippen molar-refractivity contribution in [1.82, 2.24) is 20.8 Å². The van der Waals surface area contributed by atoms with E-state index in [1.165, 1.54) is 0 Å². The van der Waals surface area contributed by atoms with E-state index in [0.717, 1.165) is 18.5 Å². The van der Waals surface area contributed by atoms with Crippen LogP contribution in [-0.4, -0.2) is 48.3 Å². The molecule has 1 aliphatic carbocycles. The number of rotatable bonds is 7. The average molecular weight is 295 g/mol.